The average Bonchev–Trinajstić information content (AvgIpc) is 2.48. The second-order valence-corrected chi connectivity index (χ2v) is 6.12. The van der Waals surface area contributed by atoms with E-state index in [1.54, 1.807) is 12.1 Å². The number of benzene rings is 1. The van der Waals surface area contributed by atoms with Crippen LogP contribution in [0.5, 0.6) is 0 Å². The summed E-state index contributed by atoms with van der Waals surface area (Å²) in [5, 5.41) is 12.6. The van der Waals surface area contributed by atoms with Crippen LogP contribution >= 0.6 is 0 Å². The standard InChI is InChI=1S/C16H21NO2/c18-15(19)14-3-1-13(2-4-14)11-17-16-8-5-12(6-9-16)7-10-16/h1-4,12,17H,5-11H2,(H,18,19). The summed E-state index contributed by atoms with van der Waals surface area (Å²) in [6.45, 7) is 0.852. The lowest BCUT2D eigenvalue weighted by atomic mass is 9.66. The number of rotatable bonds is 4. The summed E-state index contributed by atoms with van der Waals surface area (Å²) in [6, 6.07) is 7.21. The normalized spacial score (nSPS) is 29.4. The molecule has 3 heteroatoms. The summed E-state index contributed by atoms with van der Waals surface area (Å²) in [5.41, 5.74) is 1.90. The van der Waals surface area contributed by atoms with Crippen molar-refractivity contribution in [1.82, 2.24) is 5.32 Å². The van der Waals surface area contributed by atoms with Crippen molar-refractivity contribution in [1.29, 1.82) is 0 Å². The third-order valence-electron chi connectivity index (χ3n) is 4.96. The Morgan fingerprint density at radius 1 is 1.16 bits per heavy atom. The quantitative estimate of drug-likeness (QED) is 0.873. The number of hydrogen-bond donors (Lipinski definition) is 2. The molecule has 0 unspecified atom stereocenters. The number of aromatic carboxylic acids is 1. The number of carboxylic acid groups (broad SMARTS) is 1. The number of fused-ring (bicyclic) bond motifs is 3. The SMILES string of the molecule is O=C(O)c1ccc(CNC23CCC(CC2)CC3)cc1. The molecule has 3 saturated carbocycles. The molecular formula is C16H21NO2. The fourth-order valence-corrected chi connectivity index (χ4v) is 3.57. The van der Waals surface area contributed by atoms with E-state index in [1.807, 2.05) is 12.1 Å². The molecule has 3 fully saturated rings. The molecular weight excluding hydrogens is 238 g/mol. The highest BCUT2D eigenvalue weighted by atomic mass is 16.4. The molecule has 102 valence electrons. The molecule has 2 N–H and O–H groups in total. The molecule has 2 bridgehead atoms. The molecule has 0 radical (unpaired) electrons. The largest absolute Gasteiger partial charge is 0.478 e. The fourth-order valence-electron chi connectivity index (χ4n) is 3.57. The predicted molar refractivity (Wildman–Crippen MR) is 74.2 cm³/mol. The minimum absolute atomic E-state index is 0.361. The van der Waals surface area contributed by atoms with E-state index in [4.69, 9.17) is 5.11 Å². The van der Waals surface area contributed by atoms with E-state index in [1.165, 1.54) is 44.1 Å². The second kappa shape index (κ2) is 4.97. The van der Waals surface area contributed by atoms with Crippen LogP contribution < -0.4 is 5.32 Å². The highest BCUT2D eigenvalue weighted by molar-refractivity contribution is 5.87. The van der Waals surface area contributed by atoms with Crippen LogP contribution in [0.1, 0.15) is 54.4 Å². The van der Waals surface area contributed by atoms with Crippen molar-refractivity contribution < 1.29 is 9.90 Å². The monoisotopic (exact) mass is 259 g/mol. The van der Waals surface area contributed by atoms with Crippen molar-refractivity contribution in [3.05, 3.63) is 35.4 Å². The molecule has 19 heavy (non-hydrogen) atoms. The molecule has 3 aliphatic carbocycles. The third kappa shape index (κ3) is 2.66. The minimum atomic E-state index is -0.858. The highest BCUT2D eigenvalue weighted by Crippen LogP contribution is 2.44. The Hall–Kier alpha value is -1.35. The Kier molecular flexibility index (Phi) is 3.31. The first-order chi connectivity index (χ1) is 9.17. The molecule has 3 aliphatic rings. The molecule has 0 amide bonds. The zero-order chi connectivity index (χ0) is 13.3. The Balaban J connectivity index is 1.61. The number of carboxylic acids is 1. The summed E-state index contributed by atoms with van der Waals surface area (Å²) in [5.74, 6) is 0.127. The van der Waals surface area contributed by atoms with Crippen molar-refractivity contribution in [2.24, 2.45) is 5.92 Å². The van der Waals surface area contributed by atoms with Gasteiger partial charge in [-0.3, -0.25) is 0 Å². The summed E-state index contributed by atoms with van der Waals surface area (Å²) in [6.07, 6.45) is 8.07. The predicted octanol–water partition coefficient (Wildman–Crippen LogP) is 3.20. The molecule has 1 aromatic rings. The maximum atomic E-state index is 10.8. The van der Waals surface area contributed by atoms with Crippen molar-refractivity contribution in [3.63, 3.8) is 0 Å². The molecule has 0 atom stereocenters. The van der Waals surface area contributed by atoms with E-state index in [2.05, 4.69) is 5.32 Å². The molecule has 0 aromatic heterocycles. The van der Waals surface area contributed by atoms with Crippen LogP contribution in [0.15, 0.2) is 24.3 Å². The molecule has 3 nitrogen and oxygen atoms in total. The van der Waals surface area contributed by atoms with Gasteiger partial charge in [-0.25, -0.2) is 4.79 Å². The van der Waals surface area contributed by atoms with E-state index < -0.39 is 5.97 Å². The van der Waals surface area contributed by atoms with Crippen LogP contribution in [0.3, 0.4) is 0 Å². The Labute approximate surface area is 114 Å². The van der Waals surface area contributed by atoms with Crippen molar-refractivity contribution in [3.8, 4) is 0 Å². The topological polar surface area (TPSA) is 49.3 Å². The van der Waals surface area contributed by atoms with Crippen LogP contribution in [0.4, 0.5) is 0 Å². The maximum Gasteiger partial charge on any atom is 0.335 e. The van der Waals surface area contributed by atoms with Gasteiger partial charge in [-0.15, -0.1) is 0 Å². The number of hydrogen-bond acceptors (Lipinski definition) is 2. The lowest BCUT2D eigenvalue weighted by molar-refractivity contribution is 0.0697. The van der Waals surface area contributed by atoms with Gasteiger partial charge in [0.25, 0.3) is 0 Å². The first-order valence-corrected chi connectivity index (χ1v) is 7.24. The zero-order valence-corrected chi connectivity index (χ0v) is 11.2. The third-order valence-corrected chi connectivity index (χ3v) is 4.96. The van der Waals surface area contributed by atoms with Gasteiger partial charge < -0.3 is 10.4 Å². The van der Waals surface area contributed by atoms with Gasteiger partial charge in [0.05, 0.1) is 5.56 Å². The van der Waals surface area contributed by atoms with E-state index in [-0.39, 0.29) is 0 Å². The number of nitrogens with one attached hydrogen (secondary N) is 1. The van der Waals surface area contributed by atoms with Crippen molar-refractivity contribution in [2.45, 2.75) is 50.6 Å². The Morgan fingerprint density at radius 2 is 1.74 bits per heavy atom. The Bertz CT molecular complexity index is 444. The molecule has 4 rings (SSSR count). The first-order valence-electron chi connectivity index (χ1n) is 7.24. The Morgan fingerprint density at radius 3 is 2.26 bits per heavy atom. The van der Waals surface area contributed by atoms with Gasteiger partial charge in [-0.1, -0.05) is 12.1 Å². The van der Waals surface area contributed by atoms with E-state index in [9.17, 15) is 4.79 Å². The smallest absolute Gasteiger partial charge is 0.335 e. The van der Waals surface area contributed by atoms with Gasteiger partial charge in [-0.2, -0.15) is 0 Å². The van der Waals surface area contributed by atoms with Crippen LogP contribution in [0, 0.1) is 5.92 Å². The number of carbonyl (C=O) groups is 1. The van der Waals surface area contributed by atoms with E-state index in [0.29, 0.717) is 11.1 Å². The highest BCUT2D eigenvalue weighted by Gasteiger charge is 2.39. The van der Waals surface area contributed by atoms with Crippen LogP contribution in [-0.2, 0) is 6.54 Å². The second-order valence-electron chi connectivity index (χ2n) is 6.12. The lowest BCUT2D eigenvalue weighted by Crippen LogP contribution is -2.51. The maximum absolute atomic E-state index is 10.8. The molecule has 0 spiro atoms. The first kappa shape index (κ1) is 12.7. The van der Waals surface area contributed by atoms with Crippen LogP contribution in [-0.4, -0.2) is 16.6 Å². The average molecular weight is 259 g/mol. The van der Waals surface area contributed by atoms with Gasteiger partial charge in [0.15, 0.2) is 0 Å². The van der Waals surface area contributed by atoms with E-state index >= 15 is 0 Å². The minimum Gasteiger partial charge on any atom is -0.478 e. The molecule has 1 aromatic carbocycles. The summed E-state index contributed by atoms with van der Waals surface area (Å²) in [7, 11) is 0. The molecule has 0 heterocycles. The van der Waals surface area contributed by atoms with Crippen LogP contribution in [0.25, 0.3) is 0 Å². The van der Waals surface area contributed by atoms with Crippen LogP contribution in [0.2, 0.25) is 0 Å². The van der Waals surface area contributed by atoms with Crippen molar-refractivity contribution >= 4 is 5.97 Å². The lowest BCUT2D eigenvalue weighted by Gasteiger charge is -2.47. The van der Waals surface area contributed by atoms with Gasteiger partial charge >= 0.3 is 5.97 Å². The summed E-state index contributed by atoms with van der Waals surface area (Å²) in [4.78, 5) is 10.8. The van der Waals surface area contributed by atoms with E-state index in [0.717, 1.165) is 12.5 Å². The van der Waals surface area contributed by atoms with Gasteiger partial charge in [0.1, 0.15) is 0 Å². The van der Waals surface area contributed by atoms with Crippen molar-refractivity contribution in [2.75, 3.05) is 0 Å². The van der Waals surface area contributed by atoms with Gasteiger partial charge in [0.2, 0.25) is 0 Å². The zero-order valence-electron chi connectivity index (χ0n) is 11.2. The fraction of sp³-hybridized carbons (Fsp3) is 0.562. The molecule has 0 saturated heterocycles. The summed E-state index contributed by atoms with van der Waals surface area (Å²) < 4.78 is 0. The van der Waals surface area contributed by atoms with Gasteiger partial charge in [0, 0.05) is 12.1 Å². The van der Waals surface area contributed by atoms with Gasteiger partial charge in [-0.05, 0) is 62.1 Å². The summed E-state index contributed by atoms with van der Waals surface area (Å²) >= 11 is 0. The molecule has 0 aliphatic heterocycles.